The third kappa shape index (κ3) is 2.97. The standard InChI is InChI=1S/C18H16O3/c1-2-6-15-11-14(18(19)21-15)12-16-9-10-17(20-16)13-7-4-3-5-8-13/h3-5,7-12H,2,6H2,1H3/b14-12+. The minimum absolute atomic E-state index is 0.309. The maximum atomic E-state index is 11.8. The first-order valence-electron chi connectivity index (χ1n) is 7.06. The van der Waals surface area contributed by atoms with E-state index < -0.39 is 0 Å². The number of carbonyl (C=O) groups excluding carboxylic acids is 1. The smallest absolute Gasteiger partial charge is 0.343 e. The van der Waals surface area contributed by atoms with Crippen LogP contribution in [0.25, 0.3) is 17.4 Å². The number of hydrogen-bond donors (Lipinski definition) is 0. The minimum Gasteiger partial charge on any atom is -0.457 e. The van der Waals surface area contributed by atoms with Crippen molar-refractivity contribution in [2.75, 3.05) is 0 Å². The zero-order valence-electron chi connectivity index (χ0n) is 11.8. The average Bonchev–Trinajstić information content (AvgIpc) is 3.09. The van der Waals surface area contributed by atoms with Crippen LogP contribution in [-0.2, 0) is 9.53 Å². The molecule has 0 atom stereocenters. The van der Waals surface area contributed by atoms with E-state index in [4.69, 9.17) is 9.15 Å². The van der Waals surface area contributed by atoms with Crippen molar-refractivity contribution < 1.29 is 13.9 Å². The molecule has 0 bridgehead atoms. The molecule has 3 nitrogen and oxygen atoms in total. The highest BCUT2D eigenvalue weighted by Crippen LogP contribution is 2.26. The van der Waals surface area contributed by atoms with Crippen LogP contribution < -0.4 is 0 Å². The molecule has 0 unspecified atom stereocenters. The molecule has 21 heavy (non-hydrogen) atoms. The lowest BCUT2D eigenvalue weighted by Crippen LogP contribution is -1.96. The Kier molecular flexibility index (Phi) is 3.73. The minimum atomic E-state index is -0.309. The second-order valence-corrected chi connectivity index (χ2v) is 4.92. The molecule has 0 N–H and O–H groups in total. The van der Waals surface area contributed by atoms with E-state index in [2.05, 4.69) is 6.92 Å². The molecule has 1 aliphatic rings. The summed E-state index contributed by atoms with van der Waals surface area (Å²) in [4.78, 5) is 11.8. The summed E-state index contributed by atoms with van der Waals surface area (Å²) in [5.74, 6) is 1.85. The van der Waals surface area contributed by atoms with Crippen molar-refractivity contribution in [2.24, 2.45) is 0 Å². The topological polar surface area (TPSA) is 39.4 Å². The summed E-state index contributed by atoms with van der Waals surface area (Å²) < 4.78 is 11.0. The first kappa shape index (κ1) is 13.4. The van der Waals surface area contributed by atoms with Gasteiger partial charge in [-0.25, -0.2) is 4.79 Å². The number of cyclic esters (lactones) is 1. The van der Waals surface area contributed by atoms with Gasteiger partial charge in [-0.15, -0.1) is 0 Å². The van der Waals surface area contributed by atoms with Crippen molar-refractivity contribution in [1.82, 2.24) is 0 Å². The van der Waals surface area contributed by atoms with E-state index in [-0.39, 0.29) is 5.97 Å². The van der Waals surface area contributed by atoms with E-state index in [1.807, 2.05) is 42.5 Å². The molecule has 0 spiro atoms. The van der Waals surface area contributed by atoms with Crippen molar-refractivity contribution >= 4 is 12.0 Å². The molecular formula is C18H16O3. The molecule has 0 saturated carbocycles. The Labute approximate surface area is 123 Å². The zero-order chi connectivity index (χ0) is 14.7. The van der Waals surface area contributed by atoms with Gasteiger partial charge in [-0.05, 0) is 30.7 Å². The van der Waals surface area contributed by atoms with Crippen molar-refractivity contribution in [2.45, 2.75) is 19.8 Å². The van der Waals surface area contributed by atoms with Gasteiger partial charge >= 0.3 is 5.97 Å². The van der Waals surface area contributed by atoms with Crippen molar-refractivity contribution in [3.05, 3.63) is 65.6 Å². The molecule has 2 aromatic rings. The monoisotopic (exact) mass is 280 g/mol. The lowest BCUT2D eigenvalue weighted by atomic mass is 10.2. The summed E-state index contributed by atoms with van der Waals surface area (Å²) in [5.41, 5.74) is 1.55. The van der Waals surface area contributed by atoms with E-state index >= 15 is 0 Å². The fourth-order valence-electron chi connectivity index (χ4n) is 2.25. The number of hydrogen-bond acceptors (Lipinski definition) is 3. The SMILES string of the molecule is CCCC1=C/C(=C\c2ccc(-c3ccccc3)o2)C(=O)O1. The van der Waals surface area contributed by atoms with Crippen LogP contribution in [0.2, 0.25) is 0 Å². The molecule has 0 saturated heterocycles. The first-order chi connectivity index (χ1) is 10.3. The third-order valence-corrected chi connectivity index (χ3v) is 3.26. The van der Waals surface area contributed by atoms with E-state index in [0.717, 1.165) is 29.9 Å². The second kappa shape index (κ2) is 5.83. The van der Waals surface area contributed by atoms with Crippen molar-refractivity contribution in [1.29, 1.82) is 0 Å². The summed E-state index contributed by atoms with van der Waals surface area (Å²) in [6.45, 7) is 2.05. The normalized spacial score (nSPS) is 16.1. The van der Waals surface area contributed by atoms with Gasteiger partial charge in [0.05, 0.1) is 5.57 Å². The van der Waals surface area contributed by atoms with Crippen LogP contribution in [0.5, 0.6) is 0 Å². The summed E-state index contributed by atoms with van der Waals surface area (Å²) in [7, 11) is 0. The number of rotatable bonds is 4. The Hall–Kier alpha value is -2.55. The van der Waals surface area contributed by atoms with Gasteiger partial charge in [0.2, 0.25) is 0 Å². The number of allylic oxidation sites excluding steroid dienone is 1. The predicted molar refractivity (Wildman–Crippen MR) is 81.2 cm³/mol. The van der Waals surface area contributed by atoms with Crippen LogP contribution in [0.4, 0.5) is 0 Å². The molecule has 0 fully saturated rings. The highest BCUT2D eigenvalue weighted by Gasteiger charge is 2.20. The fourth-order valence-corrected chi connectivity index (χ4v) is 2.25. The molecule has 3 heteroatoms. The van der Waals surface area contributed by atoms with Gasteiger partial charge in [0, 0.05) is 12.0 Å². The number of esters is 1. The summed E-state index contributed by atoms with van der Waals surface area (Å²) in [6.07, 6.45) is 5.23. The largest absolute Gasteiger partial charge is 0.457 e. The highest BCUT2D eigenvalue weighted by molar-refractivity contribution is 5.99. The van der Waals surface area contributed by atoms with E-state index in [1.165, 1.54) is 0 Å². The van der Waals surface area contributed by atoms with Crippen LogP contribution in [0.1, 0.15) is 25.5 Å². The Bertz CT molecular complexity index is 705. The zero-order valence-corrected chi connectivity index (χ0v) is 11.8. The summed E-state index contributed by atoms with van der Waals surface area (Å²) in [6, 6.07) is 13.6. The predicted octanol–water partition coefficient (Wildman–Crippen LogP) is 4.57. The Morgan fingerprint density at radius 3 is 2.67 bits per heavy atom. The Morgan fingerprint density at radius 2 is 1.90 bits per heavy atom. The molecular weight excluding hydrogens is 264 g/mol. The van der Waals surface area contributed by atoms with Crippen molar-refractivity contribution in [3.63, 3.8) is 0 Å². The number of carbonyl (C=O) groups is 1. The molecule has 106 valence electrons. The molecule has 0 amide bonds. The molecule has 3 rings (SSSR count). The molecule has 1 aromatic heterocycles. The summed E-state index contributed by atoms with van der Waals surface area (Å²) >= 11 is 0. The maximum Gasteiger partial charge on any atom is 0.343 e. The van der Waals surface area contributed by atoms with Crippen LogP contribution in [0.15, 0.2) is 64.3 Å². The number of furan rings is 1. The average molecular weight is 280 g/mol. The van der Waals surface area contributed by atoms with Gasteiger partial charge in [-0.3, -0.25) is 0 Å². The van der Waals surface area contributed by atoms with Crippen LogP contribution >= 0.6 is 0 Å². The Balaban J connectivity index is 1.84. The van der Waals surface area contributed by atoms with Crippen LogP contribution in [0.3, 0.4) is 0 Å². The van der Waals surface area contributed by atoms with Gasteiger partial charge in [0.1, 0.15) is 17.3 Å². The van der Waals surface area contributed by atoms with E-state index in [0.29, 0.717) is 11.3 Å². The molecule has 2 heterocycles. The number of ether oxygens (including phenoxy) is 1. The molecule has 1 aliphatic heterocycles. The summed E-state index contributed by atoms with van der Waals surface area (Å²) in [5, 5.41) is 0. The Morgan fingerprint density at radius 1 is 1.10 bits per heavy atom. The van der Waals surface area contributed by atoms with Gasteiger partial charge in [0.15, 0.2) is 0 Å². The van der Waals surface area contributed by atoms with E-state index in [9.17, 15) is 4.79 Å². The van der Waals surface area contributed by atoms with E-state index in [1.54, 1.807) is 12.2 Å². The highest BCUT2D eigenvalue weighted by atomic mass is 16.5. The molecule has 1 aromatic carbocycles. The molecule has 0 aliphatic carbocycles. The van der Waals surface area contributed by atoms with Crippen LogP contribution in [-0.4, -0.2) is 5.97 Å². The van der Waals surface area contributed by atoms with Gasteiger partial charge in [0.25, 0.3) is 0 Å². The van der Waals surface area contributed by atoms with Gasteiger partial charge in [-0.2, -0.15) is 0 Å². The molecule has 0 radical (unpaired) electrons. The second-order valence-electron chi connectivity index (χ2n) is 4.92. The number of benzene rings is 1. The fraction of sp³-hybridized carbons (Fsp3) is 0.167. The third-order valence-electron chi connectivity index (χ3n) is 3.26. The lowest BCUT2D eigenvalue weighted by Gasteiger charge is -1.96. The van der Waals surface area contributed by atoms with Gasteiger partial charge in [-0.1, -0.05) is 37.3 Å². The van der Waals surface area contributed by atoms with Crippen molar-refractivity contribution in [3.8, 4) is 11.3 Å². The lowest BCUT2D eigenvalue weighted by molar-refractivity contribution is -0.133. The van der Waals surface area contributed by atoms with Crippen LogP contribution in [0, 0.1) is 0 Å². The maximum absolute atomic E-state index is 11.8. The first-order valence-corrected chi connectivity index (χ1v) is 7.06. The quantitative estimate of drug-likeness (QED) is 0.608. The van der Waals surface area contributed by atoms with Gasteiger partial charge < -0.3 is 9.15 Å².